The molecule has 1 atom stereocenters. The maximum atomic E-state index is 10.4. The molecule has 96 valence electrons. The van der Waals surface area contributed by atoms with Crippen molar-refractivity contribution in [1.29, 1.82) is 0 Å². The van der Waals surface area contributed by atoms with E-state index in [2.05, 4.69) is 10.2 Å². The Hall–Kier alpha value is -0.170. The number of hydrogen-bond donors (Lipinski definition) is 2. The van der Waals surface area contributed by atoms with Crippen LogP contribution in [0, 0.1) is 0 Å². The Morgan fingerprint density at radius 1 is 1.19 bits per heavy atom. The molecule has 0 radical (unpaired) electrons. The third kappa shape index (κ3) is 5.25. The van der Waals surface area contributed by atoms with Gasteiger partial charge in [0.1, 0.15) is 9.84 Å². The summed E-state index contributed by atoms with van der Waals surface area (Å²) in [6, 6.07) is 0. The van der Waals surface area contributed by atoms with Gasteiger partial charge >= 0.3 is 0 Å². The Morgan fingerprint density at radius 2 is 1.69 bits per heavy atom. The number of nitrogens with one attached hydrogen (secondary N) is 1. The predicted molar refractivity (Wildman–Crippen MR) is 66.0 cm³/mol. The van der Waals surface area contributed by atoms with Gasteiger partial charge in [-0.2, -0.15) is 0 Å². The van der Waals surface area contributed by atoms with Gasteiger partial charge < -0.3 is 11.1 Å². The number of nitrogens with zero attached hydrogens (tertiary/aromatic N) is 1. The Balaban J connectivity index is 0.000000165. The van der Waals surface area contributed by atoms with E-state index in [1.165, 1.54) is 0 Å². The first kappa shape index (κ1) is 13.9. The van der Waals surface area contributed by atoms with E-state index in [9.17, 15) is 8.42 Å². The van der Waals surface area contributed by atoms with E-state index >= 15 is 0 Å². The molecule has 5 nitrogen and oxygen atoms in total. The van der Waals surface area contributed by atoms with Gasteiger partial charge in [-0.05, 0) is 19.8 Å². The highest BCUT2D eigenvalue weighted by Crippen LogP contribution is 2.08. The molecule has 16 heavy (non-hydrogen) atoms. The smallest absolute Gasteiger partial charge is 0.150 e. The van der Waals surface area contributed by atoms with Gasteiger partial charge in [-0.25, -0.2) is 8.42 Å². The van der Waals surface area contributed by atoms with Crippen LogP contribution in [0.1, 0.15) is 19.8 Å². The fourth-order valence-electron chi connectivity index (χ4n) is 1.84. The number of piperazine rings is 1. The van der Waals surface area contributed by atoms with E-state index in [0.717, 1.165) is 39.0 Å². The van der Waals surface area contributed by atoms with E-state index < -0.39 is 9.84 Å². The molecule has 1 unspecified atom stereocenters. The summed E-state index contributed by atoms with van der Waals surface area (Å²) in [5, 5.41) is 3.27. The fourth-order valence-corrected chi connectivity index (χ4v) is 3.33. The maximum Gasteiger partial charge on any atom is 0.150 e. The number of sulfone groups is 1. The molecule has 0 amide bonds. The van der Waals surface area contributed by atoms with Crippen LogP contribution in [-0.2, 0) is 9.84 Å². The Labute approximate surface area is 98.3 Å². The predicted octanol–water partition coefficient (Wildman–Crippen LogP) is -0.609. The third-order valence-electron chi connectivity index (χ3n) is 2.89. The molecular formula is C10H23N3O2S. The van der Waals surface area contributed by atoms with E-state index in [1.807, 2.05) is 6.92 Å². The van der Waals surface area contributed by atoms with Gasteiger partial charge in [0.15, 0.2) is 0 Å². The molecular weight excluding hydrogens is 226 g/mol. The van der Waals surface area contributed by atoms with E-state index in [-0.39, 0.29) is 6.17 Å². The van der Waals surface area contributed by atoms with Crippen molar-refractivity contribution in [3.05, 3.63) is 0 Å². The van der Waals surface area contributed by atoms with Gasteiger partial charge in [-0.3, -0.25) is 4.90 Å². The van der Waals surface area contributed by atoms with Gasteiger partial charge in [0.2, 0.25) is 0 Å². The molecule has 6 heteroatoms. The largest absolute Gasteiger partial charge is 0.316 e. The highest BCUT2D eigenvalue weighted by Gasteiger charge is 2.16. The number of rotatable bonds is 1. The minimum atomic E-state index is -2.55. The average Bonchev–Trinajstić information content (AvgIpc) is 2.65. The molecule has 2 rings (SSSR count). The summed E-state index contributed by atoms with van der Waals surface area (Å²) in [6.07, 6.45) is 1.98. The summed E-state index contributed by atoms with van der Waals surface area (Å²) in [5.74, 6) is 0.847. The summed E-state index contributed by atoms with van der Waals surface area (Å²) in [5.41, 5.74) is 5.67. The van der Waals surface area contributed by atoms with Gasteiger partial charge in [-0.1, -0.05) is 0 Å². The molecule has 0 aromatic heterocycles. The molecule has 2 fully saturated rings. The standard InChI is InChI=1S/C6H15N3.C4H8O2S/c1-6(7)9-4-2-8-3-5-9;5-7(6)3-1-2-4-7/h6,8H,2-5,7H2,1H3;1-4H2. The first-order chi connectivity index (χ1) is 7.51. The molecule has 0 aromatic carbocycles. The zero-order valence-electron chi connectivity index (χ0n) is 9.98. The second-order valence-corrected chi connectivity index (χ2v) is 6.69. The van der Waals surface area contributed by atoms with E-state index in [4.69, 9.17) is 5.73 Å². The minimum Gasteiger partial charge on any atom is -0.316 e. The van der Waals surface area contributed by atoms with Gasteiger partial charge in [-0.15, -0.1) is 0 Å². The summed E-state index contributed by atoms with van der Waals surface area (Å²) < 4.78 is 20.9. The average molecular weight is 249 g/mol. The number of hydrogen-bond acceptors (Lipinski definition) is 5. The molecule has 0 aliphatic carbocycles. The van der Waals surface area contributed by atoms with Crippen molar-refractivity contribution in [2.45, 2.75) is 25.9 Å². The van der Waals surface area contributed by atoms with Crippen LogP contribution in [0.5, 0.6) is 0 Å². The topological polar surface area (TPSA) is 75.4 Å². The van der Waals surface area contributed by atoms with Crippen LogP contribution in [0.15, 0.2) is 0 Å². The summed E-state index contributed by atoms with van der Waals surface area (Å²) >= 11 is 0. The Morgan fingerprint density at radius 3 is 1.94 bits per heavy atom. The highest BCUT2D eigenvalue weighted by atomic mass is 32.2. The van der Waals surface area contributed by atoms with Gasteiger partial charge in [0, 0.05) is 26.2 Å². The second-order valence-electron chi connectivity index (χ2n) is 4.39. The van der Waals surface area contributed by atoms with Crippen molar-refractivity contribution in [3.8, 4) is 0 Å². The van der Waals surface area contributed by atoms with Crippen LogP contribution in [0.3, 0.4) is 0 Å². The Kier molecular flexibility index (Phi) is 5.68. The van der Waals surface area contributed by atoms with Gasteiger partial charge in [0.25, 0.3) is 0 Å². The second kappa shape index (κ2) is 6.54. The molecule has 2 aliphatic rings. The van der Waals surface area contributed by atoms with Crippen molar-refractivity contribution < 1.29 is 8.42 Å². The van der Waals surface area contributed by atoms with Crippen molar-refractivity contribution in [2.24, 2.45) is 5.73 Å². The number of nitrogens with two attached hydrogens (primary N) is 1. The lowest BCUT2D eigenvalue weighted by Crippen LogP contribution is -2.50. The van der Waals surface area contributed by atoms with E-state index in [0.29, 0.717) is 11.5 Å². The van der Waals surface area contributed by atoms with Crippen LogP contribution in [0.4, 0.5) is 0 Å². The van der Waals surface area contributed by atoms with Crippen molar-refractivity contribution in [1.82, 2.24) is 10.2 Å². The molecule has 2 heterocycles. The highest BCUT2D eigenvalue weighted by molar-refractivity contribution is 7.91. The lowest BCUT2D eigenvalue weighted by Gasteiger charge is -2.30. The van der Waals surface area contributed by atoms with Crippen LogP contribution in [0.25, 0.3) is 0 Å². The third-order valence-corrected chi connectivity index (χ3v) is 4.71. The minimum absolute atomic E-state index is 0.229. The van der Waals surface area contributed by atoms with Gasteiger partial charge in [0.05, 0.1) is 17.7 Å². The zero-order chi connectivity index (χ0) is 12.0. The lowest BCUT2D eigenvalue weighted by atomic mass is 10.3. The molecule has 0 spiro atoms. The molecule has 0 bridgehead atoms. The SMILES string of the molecule is CC(N)N1CCNCC1.O=S1(=O)CCCC1. The molecule has 2 saturated heterocycles. The molecule has 2 aliphatic heterocycles. The quantitative estimate of drug-likeness (QED) is 0.648. The molecule has 0 saturated carbocycles. The van der Waals surface area contributed by atoms with Crippen LogP contribution >= 0.6 is 0 Å². The normalized spacial score (nSPS) is 26.9. The van der Waals surface area contributed by atoms with Crippen LogP contribution < -0.4 is 11.1 Å². The summed E-state index contributed by atoms with van der Waals surface area (Å²) in [4.78, 5) is 2.27. The fraction of sp³-hybridized carbons (Fsp3) is 1.00. The monoisotopic (exact) mass is 249 g/mol. The van der Waals surface area contributed by atoms with E-state index in [1.54, 1.807) is 0 Å². The maximum absolute atomic E-state index is 10.4. The van der Waals surface area contributed by atoms with Crippen molar-refractivity contribution >= 4 is 9.84 Å². The summed E-state index contributed by atoms with van der Waals surface area (Å²) in [7, 11) is -2.55. The molecule has 3 N–H and O–H groups in total. The first-order valence-corrected chi connectivity index (χ1v) is 7.74. The zero-order valence-corrected chi connectivity index (χ0v) is 10.8. The van der Waals surface area contributed by atoms with Crippen molar-refractivity contribution in [3.63, 3.8) is 0 Å². The van der Waals surface area contributed by atoms with Crippen LogP contribution in [0.2, 0.25) is 0 Å². The first-order valence-electron chi connectivity index (χ1n) is 5.92. The summed E-state index contributed by atoms with van der Waals surface area (Å²) in [6.45, 7) is 6.39. The van der Waals surface area contributed by atoms with Crippen molar-refractivity contribution in [2.75, 3.05) is 37.7 Å². The van der Waals surface area contributed by atoms with Crippen LogP contribution in [-0.4, -0.2) is 57.2 Å². The Bertz CT molecular complexity index is 272. The lowest BCUT2D eigenvalue weighted by molar-refractivity contribution is 0.188. The molecule has 0 aromatic rings.